The highest BCUT2D eigenvalue weighted by Crippen LogP contribution is 2.22. The van der Waals surface area contributed by atoms with E-state index in [1.165, 1.54) is 6.07 Å². The highest BCUT2D eigenvalue weighted by atomic mass is 16.6. The number of hydrogen-bond donors (Lipinski definition) is 0. The fourth-order valence-corrected chi connectivity index (χ4v) is 1.79. The first-order valence-corrected chi connectivity index (χ1v) is 5.45. The van der Waals surface area contributed by atoms with Gasteiger partial charge in [-0.1, -0.05) is 5.57 Å². The van der Waals surface area contributed by atoms with Crippen molar-refractivity contribution in [2.24, 2.45) is 0 Å². The number of aromatic nitrogens is 1. The van der Waals surface area contributed by atoms with Gasteiger partial charge in [-0.15, -0.1) is 6.58 Å². The van der Waals surface area contributed by atoms with E-state index in [1.54, 1.807) is 12.1 Å². The minimum Gasteiger partial charge on any atom is -0.347 e. The minimum atomic E-state index is -0.366. The summed E-state index contributed by atoms with van der Waals surface area (Å²) in [7, 11) is 0. The summed E-state index contributed by atoms with van der Waals surface area (Å²) in [5.41, 5.74) is 2.14. The monoisotopic (exact) mass is 230 g/mol. The molecule has 0 atom stereocenters. The van der Waals surface area contributed by atoms with E-state index in [9.17, 15) is 10.1 Å². The van der Waals surface area contributed by atoms with Crippen molar-refractivity contribution in [3.8, 4) is 0 Å². The second-order valence-corrected chi connectivity index (χ2v) is 4.22. The van der Waals surface area contributed by atoms with Crippen LogP contribution in [0.1, 0.15) is 13.3 Å². The number of nitro groups is 1. The first-order chi connectivity index (χ1) is 8.08. The molecule has 17 heavy (non-hydrogen) atoms. The van der Waals surface area contributed by atoms with Crippen molar-refractivity contribution >= 4 is 16.6 Å². The quantitative estimate of drug-likeness (QED) is 0.458. The molecule has 0 aliphatic carbocycles. The SMILES string of the molecule is C=C(C)CCn1ccc2ccc([N+](=O)[O-])cc21. The van der Waals surface area contributed by atoms with Gasteiger partial charge in [0, 0.05) is 30.3 Å². The van der Waals surface area contributed by atoms with Crippen molar-refractivity contribution < 1.29 is 4.92 Å². The molecule has 88 valence electrons. The predicted octanol–water partition coefficient (Wildman–Crippen LogP) is 3.52. The van der Waals surface area contributed by atoms with E-state index in [1.807, 2.05) is 23.8 Å². The Kier molecular flexibility index (Phi) is 2.95. The molecule has 0 saturated carbocycles. The van der Waals surface area contributed by atoms with Crippen molar-refractivity contribution in [1.82, 2.24) is 4.57 Å². The van der Waals surface area contributed by atoms with E-state index in [2.05, 4.69) is 6.58 Å². The summed E-state index contributed by atoms with van der Waals surface area (Å²) in [6.07, 6.45) is 2.84. The molecule has 1 aromatic heterocycles. The third kappa shape index (κ3) is 2.36. The number of rotatable bonds is 4. The van der Waals surface area contributed by atoms with Gasteiger partial charge in [0.2, 0.25) is 0 Å². The lowest BCUT2D eigenvalue weighted by atomic mass is 10.2. The molecule has 1 aromatic carbocycles. The number of nitro benzene ring substituents is 1. The van der Waals surface area contributed by atoms with Crippen LogP contribution in [0.2, 0.25) is 0 Å². The van der Waals surface area contributed by atoms with E-state index >= 15 is 0 Å². The number of nitrogens with zero attached hydrogens (tertiary/aromatic N) is 2. The van der Waals surface area contributed by atoms with Crippen LogP contribution in [0.5, 0.6) is 0 Å². The van der Waals surface area contributed by atoms with Gasteiger partial charge in [0.05, 0.1) is 10.4 Å². The van der Waals surface area contributed by atoms with Gasteiger partial charge in [0.25, 0.3) is 5.69 Å². The fourth-order valence-electron chi connectivity index (χ4n) is 1.79. The van der Waals surface area contributed by atoms with Crippen LogP contribution in [0.3, 0.4) is 0 Å². The van der Waals surface area contributed by atoms with E-state index < -0.39 is 0 Å². The molecule has 0 unspecified atom stereocenters. The molecule has 0 bridgehead atoms. The fraction of sp³-hybridized carbons (Fsp3) is 0.231. The number of hydrogen-bond acceptors (Lipinski definition) is 2. The Morgan fingerprint density at radius 2 is 2.24 bits per heavy atom. The molecule has 4 heteroatoms. The second-order valence-electron chi connectivity index (χ2n) is 4.22. The molecule has 0 aliphatic heterocycles. The van der Waals surface area contributed by atoms with Crippen molar-refractivity contribution in [1.29, 1.82) is 0 Å². The Bertz CT molecular complexity index is 584. The maximum absolute atomic E-state index is 10.7. The predicted molar refractivity (Wildman–Crippen MR) is 68.0 cm³/mol. The van der Waals surface area contributed by atoms with Crippen LogP contribution in [0.15, 0.2) is 42.6 Å². The zero-order valence-corrected chi connectivity index (χ0v) is 9.72. The molecule has 0 fully saturated rings. The minimum absolute atomic E-state index is 0.132. The first kappa shape index (κ1) is 11.4. The molecule has 0 N–H and O–H groups in total. The lowest BCUT2D eigenvalue weighted by molar-refractivity contribution is -0.384. The highest BCUT2D eigenvalue weighted by molar-refractivity contribution is 5.82. The van der Waals surface area contributed by atoms with Crippen LogP contribution in [0, 0.1) is 10.1 Å². The average Bonchev–Trinajstić information content (AvgIpc) is 2.68. The molecule has 1 heterocycles. The van der Waals surface area contributed by atoms with E-state index in [0.717, 1.165) is 29.4 Å². The van der Waals surface area contributed by atoms with Crippen LogP contribution >= 0.6 is 0 Å². The Hall–Kier alpha value is -2.10. The first-order valence-electron chi connectivity index (χ1n) is 5.45. The zero-order valence-electron chi connectivity index (χ0n) is 9.72. The van der Waals surface area contributed by atoms with Crippen LogP contribution in [0.4, 0.5) is 5.69 Å². The van der Waals surface area contributed by atoms with Crippen molar-refractivity contribution in [2.75, 3.05) is 0 Å². The third-order valence-corrected chi connectivity index (χ3v) is 2.75. The second kappa shape index (κ2) is 4.41. The van der Waals surface area contributed by atoms with Gasteiger partial charge >= 0.3 is 0 Å². The Balaban J connectivity index is 2.39. The molecule has 0 aliphatic rings. The number of allylic oxidation sites excluding steroid dienone is 1. The van der Waals surface area contributed by atoms with Gasteiger partial charge in [-0.05, 0) is 25.5 Å². The zero-order chi connectivity index (χ0) is 12.4. The van der Waals surface area contributed by atoms with Crippen molar-refractivity contribution in [3.63, 3.8) is 0 Å². The van der Waals surface area contributed by atoms with E-state index in [0.29, 0.717) is 0 Å². The molecule has 4 nitrogen and oxygen atoms in total. The van der Waals surface area contributed by atoms with Crippen molar-refractivity contribution in [2.45, 2.75) is 19.9 Å². The smallest absolute Gasteiger partial charge is 0.271 e. The molecular formula is C13H14N2O2. The molecular weight excluding hydrogens is 216 g/mol. The van der Waals surface area contributed by atoms with Gasteiger partial charge < -0.3 is 4.57 Å². The lowest BCUT2D eigenvalue weighted by Crippen LogP contribution is -1.96. The van der Waals surface area contributed by atoms with E-state index in [4.69, 9.17) is 0 Å². The summed E-state index contributed by atoms with van der Waals surface area (Å²) >= 11 is 0. The largest absolute Gasteiger partial charge is 0.347 e. The Morgan fingerprint density at radius 3 is 2.88 bits per heavy atom. The molecule has 0 amide bonds. The van der Waals surface area contributed by atoms with Gasteiger partial charge in [0.1, 0.15) is 0 Å². The van der Waals surface area contributed by atoms with Crippen molar-refractivity contribution in [3.05, 3.63) is 52.7 Å². The molecule has 2 rings (SSSR count). The Labute approximate surface area is 99.3 Å². The van der Waals surface area contributed by atoms with Gasteiger partial charge in [-0.3, -0.25) is 10.1 Å². The summed E-state index contributed by atoms with van der Waals surface area (Å²) < 4.78 is 2.02. The summed E-state index contributed by atoms with van der Waals surface area (Å²) in [5.74, 6) is 0. The number of non-ortho nitro benzene ring substituents is 1. The van der Waals surface area contributed by atoms with Crippen LogP contribution in [-0.4, -0.2) is 9.49 Å². The number of fused-ring (bicyclic) bond motifs is 1. The standard InChI is InChI=1S/C13H14N2O2/c1-10(2)5-7-14-8-6-11-3-4-12(15(16)17)9-13(11)14/h3-4,6,8-9H,1,5,7H2,2H3. The Morgan fingerprint density at radius 1 is 1.47 bits per heavy atom. The van der Waals surface area contributed by atoms with Gasteiger partial charge in [-0.25, -0.2) is 0 Å². The van der Waals surface area contributed by atoms with Crippen LogP contribution in [-0.2, 0) is 6.54 Å². The summed E-state index contributed by atoms with van der Waals surface area (Å²) in [5, 5.41) is 11.8. The lowest BCUT2D eigenvalue weighted by Gasteiger charge is -2.04. The van der Waals surface area contributed by atoms with Gasteiger partial charge in [0.15, 0.2) is 0 Å². The molecule has 0 saturated heterocycles. The number of benzene rings is 1. The topological polar surface area (TPSA) is 48.1 Å². The maximum atomic E-state index is 10.7. The molecule has 0 spiro atoms. The average molecular weight is 230 g/mol. The maximum Gasteiger partial charge on any atom is 0.271 e. The third-order valence-electron chi connectivity index (χ3n) is 2.75. The normalized spacial score (nSPS) is 10.6. The summed E-state index contributed by atoms with van der Waals surface area (Å²) in [6, 6.07) is 6.90. The highest BCUT2D eigenvalue weighted by Gasteiger charge is 2.08. The van der Waals surface area contributed by atoms with Gasteiger partial charge in [-0.2, -0.15) is 0 Å². The molecule has 2 aromatic rings. The summed E-state index contributed by atoms with van der Waals surface area (Å²) in [6.45, 7) is 6.64. The van der Waals surface area contributed by atoms with Crippen LogP contribution < -0.4 is 0 Å². The summed E-state index contributed by atoms with van der Waals surface area (Å²) in [4.78, 5) is 10.4. The van der Waals surface area contributed by atoms with E-state index in [-0.39, 0.29) is 10.6 Å². The number of aryl methyl sites for hydroxylation is 1. The van der Waals surface area contributed by atoms with Crippen LogP contribution in [0.25, 0.3) is 10.9 Å². The molecule has 0 radical (unpaired) electrons.